The van der Waals surface area contributed by atoms with Gasteiger partial charge in [-0.2, -0.15) is 0 Å². The minimum Gasteiger partial charge on any atom is -0.307 e. The molecular formula is C22H15IN4O4S3. The third-order valence-electron chi connectivity index (χ3n) is 5.03. The summed E-state index contributed by atoms with van der Waals surface area (Å²) < 4.78 is 30.0. The van der Waals surface area contributed by atoms with Gasteiger partial charge in [0.15, 0.2) is 0 Å². The highest BCUT2D eigenvalue weighted by Gasteiger charge is 2.20. The number of aryl methyl sites for hydroxylation is 1. The number of nitrogens with zero attached hydrogens (tertiary/aromatic N) is 2. The lowest BCUT2D eigenvalue weighted by molar-refractivity contribution is 0.256. The number of anilines is 1. The van der Waals surface area contributed by atoms with Crippen LogP contribution in [0.5, 0.6) is 0 Å². The lowest BCUT2D eigenvalue weighted by Gasteiger charge is -2.12. The van der Waals surface area contributed by atoms with E-state index in [1.807, 2.05) is 22.9 Å². The second-order valence-corrected chi connectivity index (χ2v) is 12.6. The molecule has 12 heteroatoms. The number of pyridine rings is 1. The van der Waals surface area contributed by atoms with E-state index in [0.717, 1.165) is 31.8 Å². The number of thiazole rings is 1. The molecule has 8 nitrogen and oxygen atoms in total. The largest absolute Gasteiger partial charge is 0.333 e. The molecule has 2 amide bonds. The van der Waals surface area contributed by atoms with Gasteiger partial charge in [0.05, 0.1) is 21.4 Å². The van der Waals surface area contributed by atoms with Gasteiger partial charge >= 0.3 is 6.03 Å². The van der Waals surface area contributed by atoms with E-state index in [1.54, 1.807) is 47.5 Å². The second-order valence-electron chi connectivity index (χ2n) is 7.34. The summed E-state index contributed by atoms with van der Waals surface area (Å²) in [6.45, 7) is 1.79. The van der Waals surface area contributed by atoms with Crippen LogP contribution in [0, 0.1) is 10.5 Å². The molecule has 0 spiro atoms. The van der Waals surface area contributed by atoms with Crippen LogP contribution < -0.4 is 15.6 Å². The molecule has 0 aliphatic carbocycles. The van der Waals surface area contributed by atoms with Crippen molar-refractivity contribution >= 4 is 88.0 Å². The Morgan fingerprint density at radius 3 is 2.68 bits per heavy atom. The summed E-state index contributed by atoms with van der Waals surface area (Å²) in [5.74, 6) is 0. The Morgan fingerprint density at radius 2 is 1.94 bits per heavy atom. The molecule has 2 N–H and O–H groups in total. The number of hydrogen-bond acceptors (Lipinski definition) is 7. The maximum absolute atomic E-state index is 13.2. The minimum absolute atomic E-state index is 0.0661. The van der Waals surface area contributed by atoms with Gasteiger partial charge in [0.2, 0.25) is 0 Å². The summed E-state index contributed by atoms with van der Waals surface area (Å²) in [4.78, 5) is 30.6. The average molecular weight is 622 g/mol. The molecule has 3 heterocycles. The number of nitrogens with one attached hydrogen (secondary N) is 2. The first-order valence-corrected chi connectivity index (χ1v) is 14.1. The van der Waals surface area contributed by atoms with Crippen LogP contribution >= 0.6 is 45.3 Å². The first kappa shape index (κ1) is 23.0. The summed E-state index contributed by atoms with van der Waals surface area (Å²) in [7, 11) is -3.95. The number of halogens is 1. The van der Waals surface area contributed by atoms with Crippen LogP contribution in [0.3, 0.4) is 0 Å². The Labute approximate surface area is 215 Å². The molecule has 0 aliphatic rings. The molecule has 0 bridgehead atoms. The van der Waals surface area contributed by atoms with Crippen molar-refractivity contribution in [3.05, 3.63) is 79.0 Å². The van der Waals surface area contributed by atoms with Crippen LogP contribution in [0.2, 0.25) is 0 Å². The number of carbonyl (C=O) groups is 1. The fourth-order valence-corrected chi connectivity index (χ4v) is 7.11. The summed E-state index contributed by atoms with van der Waals surface area (Å²) in [6.07, 6.45) is 1.70. The van der Waals surface area contributed by atoms with Crippen LogP contribution in [-0.4, -0.2) is 24.0 Å². The van der Waals surface area contributed by atoms with Crippen molar-refractivity contribution in [3.8, 4) is 5.69 Å². The van der Waals surface area contributed by atoms with Crippen LogP contribution in [0.15, 0.2) is 69.2 Å². The van der Waals surface area contributed by atoms with Crippen LogP contribution in [0.25, 0.3) is 26.7 Å². The molecule has 0 unspecified atom stereocenters. The fourth-order valence-electron chi connectivity index (χ4n) is 3.45. The summed E-state index contributed by atoms with van der Waals surface area (Å²) in [6, 6.07) is 12.9. The van der Waals surface area contributed by atoms with Crippen molar-refractivity contribution in [2.75, 3.05) is 5.32 Å². The van der Waals surface area contributed by atoms with Gasteiger partial charge in [-0.15, -0.1) is 22.7 Å². The highest BCUT2D eigenvalue weighted by atomic mass is 127. The molecule has 0 aliphatic heterocycles. The highest BCUT2D eigenvalue weighted by molar-refractivity contribution is 14.1. The predicted octanol–water partition coefficient (Wildman–Crippen LogP) is 5.09. The van der Waals surface area contributed by atoms with Crippen molar-refractivity contribution in [2.45, 2.75) is 11.1 Å². The Balaban J connectivity index is 1.41. The summed E-state index contributed by atoms with van der Waals surface area (Å²) >= 11 is 4.63. The topological polar surface area (TPSA) is 110 Å². The normalized spacial score (nSPS) is 11.7. The van der Waals surface area contributed by atoms with Gasteiger partial charge in [0, 0.05) is 25.7 Å². The van der Waals surface area contributed by atoms with E-state index in [4.69, 9.17) is 0 Å². The minimum atomic E-state index is -3.95. The Morgan fingerprint density at radius 1 is 1.12 bits per heavy atom. The maximum Gasteiger partial charge on any atom is 0.333 e. The predicted molar refractivity (Wildman–Crippen MR) is 144 cm³/mol. The summed E-state index contributed by atoms with van der Waals surface area (Å²) in [5, 5.41) is 3.93. The molecule has 0 saturated carbocycles. The molecule has 34 heavy (non-hydrogen) atoms. The fraction of sp³-hybridized carbons (Fsp3) is 0.0455. The van der Waals surface area contributed by atoms with E-state index in [1.165, 1.54) is 17.4 Å². The van der Waals surface area contributed by atoms with Crippen LogP contribution in [-0.2, 0) is 10.0 Å². The number of urea groups is 1. The number of carbonyl (C=O) groups excluding carboxylic acids is 1. The molecule has 0 radical (unpaired) electrons. The molecule has 0 atom stereocenters. The van der Waals surface area contributed by atoms with E-state index in [9.17, 15) is 18.0 Å². The van der Waals surface area contributed by atoms with Gasteiger partial charge in [-0.3, -0.25) is 9.36 Å². The first-order chi connectivity index (χ1) is 16.2. The van der Waals surface area contributed by atoms with Gasteiger partial charge in [0.25, 0.3) is 15.6 Å². The van der Waals surface area contributed by atoms with E-state index >= 15 is 0 Å². The average Bonchev–Trinajstić information content (AvgIpc) is 3.42. The van der Waals surface area contributed by atoms with E-state index in [-0.39, 0.29) is 9.77 Å². The smallest absolute Gasteiger partial charge is 0.307 e. The van der Waals surface area contributed by atoms with Gasteiger partial charge in [-0.25, -0.2) is 22.9 Å². The molecular weight excluding hydrogens is 607 g/mol. The monoisotopic (exact) mass is 622 g/mol. The van der Waals surface area contributed by atoms with Gasteiger partial charge in [-0.1, -0.05) is 0 Å². The number of rotatable bonds is 4. The van der Waals surface area contributed by atoms with Gasteiger partial charge < -0.3 is 5.32 Å². The Hall–Kier alpha value is -2.81. The third-order valence-corrected chi connectivity index (χ3v) is 9.51. The SMILES string of the molecule is Cc1ccc(S(=O)(=O)NC(=O)Nc2ccc(-n3ccc4cc5ncsc5cc4c3=O)c(I)c2)s1. The van der Waals surface area contributed by atoms with Crippen LogP contribution in [0.1, 0.15) is 4.88 Å². The number of aromatic nitrogens is 2. The lowest BCUT2D eigenvalue weighted by atomic mass is 10.1. The second kappa shape index (κ2) is 8.76. The molecule has 3 aromatic heterocycles. The highest BCUT2D eigenvalue weighted by Crippen LogP contribution is 2.25. The van der Waals surface area contributed by atoms with E-state index in [2.05, 4.69) is 32.9 Å². The number of sulfonamides is 1. The Bertz CT molecular complexity index is 1760. The molecule has 2 aromatic carbocycles. The molecule has 0 fully saturated rings. The van der Waals surface area contributed by atoms with Crippen molar-refractivity contribution in [2.24, 2.45) is 0 Å². The van der Waals surface area contributed by atoms with Crippen molar-refractivity contribution in [3.63, 3.8) is 0 Å². The zero-order valence-electron chi connectivity index (χ0n) is 17.4. The standard InChI is InChI=1S/C22H15IN4O4S3/c1-12-2-5-20(33-12)34(30,31)26-22(29)25-14-3-4-18(16(23)9-14)27-7-6-13-8-17-19(32-11-24-17)10-15(13)21(27)28/h2-11H,1H3,(H2,25,26,29). The van der Waals surface area contributed by atoms with Crippen molar-refractivity contribution < 1.29 is 13.2 Å². The number of hydrogen-bond donors (Lipinski definition) is 2. The van der Waals surface area contributed by atoms with Crippen LogP contribution in [0.4, 0.5) is 10.5 Å². The van der Waals surface area contributed by atoms with Crippen molar-refractivity contribution in [1.29, 1.82) is 0 Å². The van der Waals surface area contributed by atoms with Crippen molar-refractivity contribution in [1.82, 2.24) is 14.3 Å². The third kappa shape index (κ3) is 4.33. The molecule has 5 rings (SSSR count). The Kier molecular flexibility index (Phi) is 5.91. The summed E-state index contributed by atoms with van der Waals surface area (Å²) in [5.41, 5.74) is 3.48. The zero-order chi connectivity index (χ0) is 24.0. The van der Waals surface area contributed by atoms with Gasteiger partial charge in [0.1, 0.15) is 4.21 Å². The van der Waals surface area contributed by atoms with E-state index < -0.39 is 16.1 Å². The molecule has 172 valence electrons. The lowest BCUT2D eigenvalue weighted by Crippen LogP contribution is -2.34. The maximum atomic E-state index is 13.2. The number of benzene rings is 2. The van der Waals surface area contributed by atoms with Gasteiger partial charge in [-0.05, 0) is 83.4 Å². The zero-order valence-corrected chi connectivity index (χ0v) is 22.0. The quantitative estimate of drug-likeness (QED) is 0.272. The molecule has 0 saturated heterocycles. The van der Waals surface area contributed by atoms with E-state index in [0.29, 0.717) is 20.3 Å². The molecule has 5 aromatic rings. The number of amides is 2. The first-order valence-electron chi connectivity index (χ1n) is 9.80. The number of fused-ring (bicyclic) bond motifs is 2. The number of thiophene rings is 1.